The molecule has 5 heteroatoms. The van der Waals surface area contributed by atoms with Gasteiger partial charge in [-0.25, -0.2) is 0 Å². The van der Waals surface area contributed by atoms with E-state index in [2.05, 4.69) is 0 Å². The van der Waals surface area contributed by atoms with Gasteiger partial charge in [0.15, 0.2) is 4.21 Å². The van der Waals surface area contributed by atoms with Gasteiger partial charge >= 0.3 is 10.1 Å². The summed E-state index contributed by atoms with van der Waals surface area (Å²) in [5.74, 6) is 0.427. The second-order valence-corrected chi connectivity index (χ2v) is 7.69. The van der Waals surface area contributed by atoms with Gasteiger partial charge in [0.05, 0.1) is 0 Å². The van der Waals surface area contributed by atoms with Crippen molar-refractivity contribution in [2.45, 2.75) is 31.9 Å². The molecule has 2 aromatic rings. The molecule has 1 aromatic heterocycles. The first-order chi connectivity index (χ1) is 8.79. The quantitative estimate of drug-likeness (QED) is 0.810. The fourth-order valence-corrected chi connectivity index (χ4v) is 4.29. The minimum absolute atomic E-state index is 0.240. The molecule has 0 aliphatic heterocycles. The van der Waals surface area contributed by atoms with Crippen LogP contribution in [0, 0.1) is 27.7 Å². The van der Waals surface area contributed by atoms with Gasteiger partial charge in [-0.2, -0.15) is 8.42 Å². The van der Waals surface area contributed by atoms with Crippen molar-refractivity contribution in [3.63, 3.8) is 0 Å². The van der Waals surface area contributed by atoms with E-state index < -0.39 is 10.1 Å². The van der Waals surface area contributed by atoms with Crippen molar-refractivity contribution in [2.24, 2.45) is 0 Å². The molecule has 1 aromatic carbocycles. The Morgan fingerprint density at radius 2 is 1.58 bits per heavy atom. The Bertz CT molecular complexity index is 689. The molecule has 0 amide bonds. The smallest absolute Gasteiger partial charge is 0.348 e. The minimum Gasteiger partial charge on any atom is -0.378 e. The summed E-state index contributed by atoms with van der Waals surface area (Å²) < 4.78 is 29.9. The third kappa shape index (κ3) is 2.98. The van der Waals surface area contributed by atoms with E-state index in [1.807, 2.05) is 39.8 Å². The van der Waals surface area contributed by atoms with Gasteiger partial charge in [-0.3, -0.25) is 0 Å². The van der Waals surface area contributed by atoms with Crippen LogP contribution in [0.15, 0.2) is 28.5 Å². The van der Waals surface area contributed by atoms with E-state index in [9.17, 15) is 8.42 Å². The largest absolute Gasteiger partial charge is 0.378 e. The SMILES string of the molecule is Cc1cc(C)c(OS(=O)(=O)c2ccc(C)s2)c(C)c1. The summed E-state index contributed by atoms with van der Waals surface area (Å²) in [5, 5.41) is 0. The van der Waals surface area contributed by atoms with Crippen molar-refractivity contribution in [2.75, 3.05) is 0 Å². The molecule has 102 valence electrons. The Labute approximate surface area is 118 Å². The summed E-state index contributed by atoms with van der Waals surface area (Å²) >= 11 is 1.22. The van der Waals surface area contributed by atoms with Crippen LogP contribution in [-0.4, -0.2) is 8.42 Å². The van der Waals surface area contributed by atoms with Crippen molar-refractivity contribution in [3.8, 4) is 5.75 Å². The van der Waals surface area contributed by atoms with Gasteiger partial charge in [0.1, 0.15) is 5.75 Å². The second-order valence-electron chi connectivity index (χ2n) is 4.63. The maximum absolute atomic E-state index is 12.2. The second kappa shape index (κ2) is 4.98. The maximum atomic E-state index is 12.2. The number of rotatable bonds is 3. The van der Waals surface area contributed by atoms with Crippen LogP contribution >= 0.6 is 11.3 Å². The standard InChI is InChI=1S/C14H16O3S2/c1-9-7-10(2)14(11(3)8-9)17-19(15,16)13-6-5-12(4)18-13/h5-8H,1-4H3. The summed E-state index contributed by atoms with van der Waals surface area (Å²) in [6, 6.07) is 7.18. The van der Waals surface area contributed by atoms with Crippen molar-refractivity contribution in [1.29, 1.82) is 0 Å². The van der Waals surface area contributed by atoms with Crippen LogP contribution in [0.3, 0.4) is 0 Å². The Kier molecular flexibility index (Phi) is 3.69. The van der Waals surface area contributed by atoms with E-state index in [4.69, 9.17) is 4.18 Å². The van der Waals surface area contributed by atoms with Crippen LogP contribution in [0.2, 0.25) is 0 Å². The summed E-state index contributed by atoms with van der Waals surface area (Å²) in [7, 11) is -3.73. The molecule has 0 spiro atoms. The average molecular weight is 296 g/mol. The highest BCUT2D eigenvalue weighted by Gasteiger charge is 2.20. The Morgan fingerprint density at radius 1 is 1.00 bits per heavy atom. The van der Waals surface area contributed by atoms with Crippen molar-refractivity contribution in [1.82, 2.24) is 0 Å². The van der Waals surface area contributed by atoms with Gasteiger partial charge in [0.2, 0.25) is 0 Å². The lowest BCUT2D eigenvalue weighted by Gasteiger charge is -2.12. The molecule has 1 heterocycles. The fraction of sp³-hybridized carbons (Fsp3) is 0.286. The number of hydrogen-bond donors (Lipinski definition) is 0. The predicted octanol–water partition coefficient (Wildman–Crippen LogP) is 3.75. The summed E-state index contributed by atoms with van der Waals surface area (Å²) in [4.78, 5) is 0.944. The Hall–Kier alpha value is -1.33. The Balaban J connectivity index is 2.41. The highest BCUT2D eigenvalue weighted by molar-refractivity contribution is 7.89. The number of benzene rings is 1. The van der Waals surface area contributed by atoms with Gasteiger partial charge in [-0.1, -0.05) is 17.7 Å². The van der Waals surface area contributed by atoms with Crippen LogP contribution in [0.1, 0.15) is 21.6 Å². The topological polar surface area (TPSA) is 43.4 Å². The van der Waals surface area contributed by atoms with Crippen molar-refractivity contribution in [3.05, 3.63) is 45.8 Å². The summed E-state index contributed by atoms with van der Waals surface area (Å²) in [6.45, 7) is 7.54. The number of hydrogen-bond acceptors (Lipinski definition) is 4. The molecule has 0 unspecified atom stereocenters. The monoisotopic (exact) mass is 296 g/mol. The van der Waals surface area contributed by atoms with Gasteiger partial charge in [-0.05, 0) is 51.0 Å². The third-order valence-corrected chi connectivity index (χ3v) is 5.43. The lowest BCUT2D eigenvalue weighted by molar-refractivity contribution is 0.484. The molecule has 0 saturated carbocycles. The van der Waals surface area contributed by atoms with Crippen LogP contribution in [0.5, 0.6) is 5.75 Å². The third-order valence-electron chi connectivity index (χ3n) is 2.76. The van der Waals surface area contributed by atoms with E-state index in [0.717, 1.165) is 21.6 Å². The molecular weight excluding hydrogens is 280 g/mol. The molecule has 0 atom stereocenters. The van der Waals surface area contributed by atoms with E-state index in [1.54, 1.807) is 12.1 Å². The average Bonchev–Trinajstić information content (AvgIpc) is 2.71. The van der Waals surface area contributed by atoms with E-state index in [1.165, 1.54) is 11.3 Å². The lowest BCUT2D eigenvalue weighted by atomic mass is 10.1. The fourth-order valence-electron chi connectivity index (χ4n) is 2.00. The van der Waals surface area contributed by atoms with Gasteiger partial charge in [-0.15, -0.1) is 11.3 Å². The zero-order valence-corrected chi connectivity index (χ0v) is 13.0. The van der Waals surface area contributed by atoms with Crippen LogP contribution in [0.4, 0.5) is 0 Å². The van der Waals surface area contributed by atoms with Crippen molar-refractivity contribution < 1.29 is 12.6 Å². The molecule has 0 aliphatic carbocycles. The first kappa shape index (κ1) is 14.1. The van der Waals surface area contributed by atoms with Crippen molar-refractivity contribution >= 4 is 21.5 Å². The number of aryl methyl sites for hydroxylation is 4. The van der Waals surface area contributed by atoms with Crippen LogP contribution in [0.25, 0.3) is 0 Å². The molecule has 2 rings (SSSR count). The summed E-state index contributed by atoms with van der Waals surface area (Å²) in [6.07, 6.45) is 0. The van der Waals surface area contributed by atoms with Gasteiger partial charge in [0, 0.05) is 4.88 Å². The van der Waals surface area contributed by atoms with E-state index in [-0.39, 0.29) is 4.21 Å². The molecule has 0 aliphatic rings. The molecule has 19 heavy (non-hydrogen) atoms. The van der Waals surface area contributed by atoms with Crippen LogP contribution in [-0.2, 0) is 10.1 Å². The molecule has 3 nitrogen and oxygen atoms in total. The normalized spacial score (nSPS) is 11.6. The van der Waals surface area contributed by atoms with Gasteiger partial charge < -0.3 is 4.18 Å². The lowest BCUT2D eigenvalue weighted by Crippen LogP contribution is -2.10. The highest BCUT2D eigenvalue weighted by atomic mass is 32.3. The Morgan fingerprint density at radius 3 is 2.05 bits per heavy atom. The maximum Gasteiger partial charge on any atom is 0.348 e. The van der Waals surface area contributed by atoms with Crippen LogP contribution < -0.4 is 4.18 Å². The molecule has 0 radical (unpaired) electrons. The summed E-state index contributed by atoms with van der Waals surface area (Å²) in [5.41, 5.74) is 2.75. The first-order valence-corrected chi connectivity index (χ1v) is 8.11. The molecular formula is C14H16O3S2. The highest BCUT2D eigenvalue weighted by Crippen LogP contribution is 2.30. The minimum atomic E-state index is -3.73. The zero-order chi connectivity index (χ0) is 14.2. The van der Waals surface area contributed by atoms with E-state index >= 15 is 0 Å². The molecule has 0 N–H and O–H groups in total. The zero-order valence-electron chi connectivity index (χ0n) is 11.4. The molecule has 0 saturated heterocycles. The predicted molar refractivity (Wildman–Crippen MR) is 77.5 cm³/mol. The van der Waals surface area contributed by atoms with E-state index in [0.29, 0.717) is 5.75 Å². The molecule has 0 bridgehead atoms. The molecule has 0 fully saturated rings. The number of thiophene rings is 1. The first-order valence-electron chi connectivity index (χ1n) is 5.88. The van der Waals surface area contributed by atoms with Gasteiger partial charge in [0.25, 0.3) is 0 Å².